The number of hydrogen-bond acceptors (Lipinski definition) is 3. The highest BCUT2D eigenvalue weighted by Crippen LogP contribution is 2.30. The smallest absolute Gasteiger partial charge is 0.340 e. The number of carboxylic acid groups (broad SMARTS) is 1. The van der Waals surface area contributed by atoms with Crippen LogP contribution in [-0.2, 0) is 10.4 Å². The van der Waals surface area contributed by atoms with Crippen molar-refractivity contribution in [2.75, 3.05) is 7.11 Å². The van der Waals surface area contributed by atoms with E-state index in [9.17, 15) is 9.90 Å². The standard InChI is InChI=1S/C10H11BrO4/c1-10(14,9(12)13)6-3-4-8(15-2)7(11)5-6/h3-5,14H,1-2H3,(H,12,13). The van der Waals surface area contributed by atoms with E-state index in [1.807, 2.05) is 0 Å². The molecule has 0 saturated heterocycles. The van der Waals surface area contributed by atoms with E-state index in [1.54, 1.807) is 6.07 Å². The maximum Gasteiger partial charge on any atom is 0.340 e. The van der Waals surface area contributed by atoms with Gasteiger partial charge in [0.15, 0.2) is 5.60 Å². The number of carboxylic acids is 1. The minimum Gasteiger partial charge on any atom is -0.496 e. The summed E-state index contributed by atoms with van der Waals surface area (Å²) in [5.74, 6) is -0.709. The van der Waals surface area contributed by atoms with Crippen LogP contribution in [0.2, 0.25) is 0 Å². The molecule has 0 aromatic heterocycles. The fraction of sp³-hybridized carbons (Fsp3) is 0.300. The SMILES string of the molecule is COc1ccc(C(C)(O)C(=O)O)cc1Br. The summed E-state index contributed by atoms with van der Waals surface area (Å²) < 4.78 is 5.60. The highest BCUT2D eigenvalue weighted by atomic mass is 79.9. The molecule has 1 aromatic rings. The van der Waals surface area contributed by atoms with Gasteiger partial charge >= 0.3 is 5.97 Å². The van der Waals surface area contributed by atoms with Crippen molar-refractivity contribution in [3.63, 3.8) is 0 Å². The van der Waals surface area contributed by atoms with Crippen LogP contribution in [0.25, 0.3) is 0 Å². The number of benzene rings is 1. The number of hydrogen-bond donors (Lipinski definition) is 2. The first-order valence-electron chi connectivity index (χ1n) is 4.19. The maximum absolute atomic E-state index is 10.8. The molecule has 0 saturated carbocycles. The molecular formula is C10H11BrO4. The second-order valence-corrected chi connectivity index (χ2v) is 4.08. The van der Waals surface area contributed by atoms with Crippen molar-refractivity contribution in [1.82, 2.24) is 0 Å². The number of aliphatic hydroxyl groups is 1. The number of carbonyl (C=O) groups is 1. The van der Waals surface area contributed by atoms with E-state index in [2.05, 4.69) is 15.9 Å². The second-order valence-electron chi connectivity index (χ2n) is 3.23. The van der Waals surface area contributed by atoms with Crippen LogP contribution in [0.15, 0.2) is 22.7 Å². The van der Waals surface area contributed by atoms with Crippen molar-refractivity contribution in [2.24, 2.45) is 0 Å². The van der Waals surface area contributed by atoms with Gasteiger partial charge in [-0.15, -0.1) is 0 Å². The quantitative estimate of drug-likeness (QED) is 0.881. The molecule has 82 valence electrons. The summed E-state index contributed by atoms with van der Waals surface area (Å²) in [6.45, 7) is 1.23. The highest BCUT2D eigenvalue weighted by Gasteiger charge is 2.32. The molecule has 0 bridgehead atoms. The topological polar surface area (TPSA) is 66.8 Å². The van der Waals surface area contributed by atoms with Gasteiger partial charge in [-0.2, -0.15) is 0 Å². The Hall–Kier alpha value is -1.07. The summed E-state index contributed by atoms with van der Waals surface area (Å²) in [7, 11) is 1.51. The molecule has 1 aromatic carbocycles. The first kappa shape index (κ1) is 12.0. The van der Waals surface area contributed by atoms with Crippen molar-refractivity contribution in [3.8, 4) is 5.75 Å². The Labute approximate surface area is 95.6 Å². The molecule has 4 nitrogen and oxygen atoms in total. The summed E-state index contributed by atoms with van der Waals surface area (Å²) in [5, 5.41) is 18.5. The average Bonchev–Trinajstić information content (AvgIpc) is 2.17. The van der Waals surface area contributed by atoms with Crippen molar-refractivity contribution in [3.05, 3.63) is 28.2 Å². The van der Waals surface area contributed by atoms with Crippen molar-refractivity contribution < 1.29 is 19.7 Å². The first-order valence-corrected chi connectivity index (χ1v) is 4.98. The number of rotatable bonds is 3. The van der Waals surface area contributed by atoms with E-state index in [-0.39, 0.29) is 0 Å². The van der Waals surface area contributed by atoms with Gasteiger partial charge in [-0.1, -0.05) is 6.07 Å². The Bertz CT molecular complexity index is 387. The number of methoxy groups -OCH3 is 1. The lowest BCUT2D eigenvalue weighted by molar-refractivity contribution is -0.157. The minimum atomic E-state index is -1.89. The van der Waals surface area contributed by atoms with Gasteiger partial charge in [0.2, 0.25) is 0 Å². The molecule has 0 aliphatic heterocycles. The van der Waals surface area contributed by atoms with Gasteiger partial charge in [-0.3, -0.25) is 0 Å². The predicted octanol–water partition coefficient (Wildman–Crippen LogP) is 1.75. The summed E-state index contributed by atoms with van der Waals surface area (Å²) in [6.07, 6.45) is 0. The van der Waals surface area contributed by atoms with Crippen molar-refractivity contribution in [1.29, 1.82) is 0 Å². The van der Waals surface area contributed by atoms with Gasteiger partial charge in [0.25, 0.3) is 0 Å². The third-order valence-electron chi connectivity index (χ3n) is 2.13. The lowest BCUT2D eigenvalue weighted by atomic mass is 9.96. The second kappa shape index (κ2) is 4.20. The Morgan fingerprint density at radius 2 is 2.13 bits per heavy atom. The van der Waals surface area contributed by atoms with Gasteiger partial charge in [0.1, 0.15) is 5.75 Å². The van der Waals surface area contributed by atoms with Gasteiger partial charge in [0, 0.05) is 0 Å². The molecule has 0 spiro atoms. The molecule has 0 amide bonds. The summed E-state index contributed by atoms with van der Waals surface area (Å²) in [4.78, 5) is 10.8. The zero-order valence-electron chi connectivity index (χ0n) is 8.32. The van der Waals surface area contributed by atoms with Crippen LogP contribution in [0, 0.1) is 0 Å². The summed E-state index contributed by atoms with van der Waals surface area (Å²) in [6, 6.07) is 4.63. The zero-order chi connectivity index (χ0) is 11.6. The molecule has 15 heavy (non-hydrogen) atoms. The van der Waals surface area contributed by atoms with E-state index in [1.165, 1.54) is 26.2 Å². The van der Waals surface area contributed by atoms with Crippen LogP contribution in [-0.4, -0.2) is 23.3 Å². The van der Waals surface area contributed by atoms with E-state index < -0.39 is 11.6 Å². The van der Waals surface area contributed by atoms with E-state index in [0.717, 1.165) is 0 Å². The normalized spacial score (nSPS) is 14.4. The zero-order valence-corrected chi connectivity index (χ0v) is 9.91. The van der Waals surface area contributed by atoms with Crippen LogP contribution < -0.4 is 4.74 Å². The molecule has 5 heteroatoms. The van der Waals surface area contributed by atoms with E-state index in [4.69, 9.17) is 9.84 Å². The largest absolute Gasteiger partial charge is 0.496 e. The van der Waals surface area contributed by atoms with E-state index >= 15 is 0 Å². The highest BCUT2D eigenvalue weighted by molar-refractivity contribution is 9.10. The lowest BCUT2D eigenvalue weighted by Crippen LogP contribution is -2.31. The number of ether oxygens (including phenoxy) is 1. The average molecular weight is 275 g/mol. The Balaban J connectivity index is 3.18. The Morgan fingerprint density at radius 3 is 2.53 bits per heavy atom. The molecule has 0 radical (unpaired) electrons. The minimum absolute atomic E-state index is 0.294. The fourth-order valence-corrected chi connectivity index (χ4v) is 1.63. The van der Waals surface area contributed by atoms with Crippen LogP contribution in [0.4, 0.5) is 0 Å². The van der Waals surface area contributed by atoms with Crippen molar-refractivity contribution in [2.45, 2.75) is 12.5 Å². The third kappa shape index (κ3) is 2.30. The molecule has 1 atom stereocenters. The summed E-state index contributed by atoms with van der Waals surface area (Å²) >= 11 is 3.22. The Kier molecular flexibility index (Phi) is 3.36. The molecular weight excluding hydrogens is 264 g/mol. The molecule has 0 aliphatic carbocycles. The molecule has 0 fully saturated rings. The fourth-order valence-electron chi connectivity index (χ4n) is 1.09. The number of halogens is 1. The maximum atomic E-state index is 10.8. The van der Waals surface area contributed by atoms with Gasteiger partial charge in [-0.05, 0) is 40.5 Å². The number of aliphatic carboxylic acids is 1. The van der Waals surface area contributed by atoms with Crippen LogP contribution in [0.1, 0.15) is 12.5 Å². The molecule has 1 unspecified atom stereocenters. The molecule has 1 rings (SSSR count). The first-order chi connectivity index (χ1) is 6.89. The van der Waals surface area contributed by atoms with Crippen LogP contribution >= 0.6 is 15.9 Å². The summed E-state index contributed by atoms with van der Waals surface area (Å²) in [5.41, 5.74) is -1.60. The molecule has 2 N–H and O–H groups in total. The van der Waals surface area contributed by atoms with Crippen molar-refractivity contribution >= 4 is 21.9 Å². The van der Waals surface area contributed by atoms with Gasteiger partial charge in [0.05, 0.1) is 11.6 Å². The molecule has 0 heterocycles. The third-order valence-corrected chi connectivity index (χ3v) is 2.75. The van der Waals surface area contributed by atoms with E-state index in [0.29, 0.717) is 15.8 Å². The lowest BCUT2D eigenvalue weighted by Gasteiger charge is -2.19. The molecule has 0 aliphatic rings. The monoisotopic (exact) mass is 274 g/mol. The van der Waals surface area contributed by atoms with Gasteiger partial charge < -0.3 is 14.9 Å². The van der Waals surface area contributed by atoms with Crippen LogP contribution in [0.3, 0.4) is 0 Å². The van der Waals surface area contributed by atoms with Gasteiger partial charge in [-0.25, -0.2) is 4.79 Å². The van der Waals surface area contributed by atoms with Crippen LogP contribution in [0.5, 0.6) is 5.75 Å². The predicted molar refractivity (Wildman–Crippen MR) is 57.9 cm³/mol. The Morgan fingerprint density at radius 1 is 1.53 bits per heavy atom.